The summed E-state index contributed by atoms with van der Waals surface area (Å²) in [5, 5.41) is 9.60. The first kappa shape index (κ1) is 51.0. The van der Waals surface area contributed by atoms with E-state index in [1.54, 1.807) is 0 Å². The van der Waals surface area contributed by atoms with Gasteiger partial charge >= 0.3 is 17.9 Å². The molecule has 0 aliphatic heterocycles. The van der Waals surface area contributed by atoms with Crippen LogP contribution in [0.5, 0.6) is 0 Å². The van der Waals surface area contributed by atoms with E-state index in [4.69, 9.17) is 14.2 Å². The summed E-state index contributed by atoms with van der Waals surface area (Å²) in [4.78, 5) is 36.9. The summed E-state index contributed by atoms with van der Waals surface area (Å²) in [6.45, 7) is 4.54. The van der Waals surface area contributed by atoms with E-state index >= 15 is 0 Å². The number of quaternary nitrogens is 1. The van der Waals surface area contributed by atoms with E-state index in [1.165, 1.54) is 38.5 Å². The second kappa shape index (κ2) is 37.0. The molecule has 1 N–H and O–H groups in total. The summed E-state index contributed by atoms with van der Waals surface area (Å²) in [5.41, 5.74) is 0. The standard InChI is InChI=1S/C46H79NO7/c1-6-8-10-12-14-16-18-19-20-21-22-23-24-25-26-27-29-30-32-34-36-44(48)53-41-42(40-52-39-38-43(46(50)51)47(3,4)5)54-45(49)37-35-33-31-28-17-15-13-11-9-7-2/h8,10,13-16,19-20,22-23,42-43H,6-7,9,11-12,17-18,21,24-41H2,1-5H3/p+1/b10-8+,15-13+,16-14+,20-19+,23-22+. The van der Waals surface area contributed by atoms with E-state index in [-0.39, 0.29) is 36.2 Å². The summed E-state index contributed by atoms with van der Waals surface area (Å²) in [6, 6.07) is -0.619. The molecule has 0 saturated heterocycles. The van der Waals surface area contributed by atoms with Gasteiger partial charge in [-0.15, -0.1) is 0 Å². The minimum atomic E-state index is -0.881. The molecule has 0 aliphatic carbocycles. The van der Waals surface area contributed by atoms with E-state index in [2.05, 4.69) is 74.6 Å². The summed E-state index contributed by atoms with van der Waals surface area (Å²) in [5.74, 6) is -1.51. The van der Waals surface area contributed by atoms with Crippen LogP contribution in [0.3, 0.4) is 0 Å². The number of esters is 2. The predicted molar refractivity (Wildman–Crippen MR) is 224 cm³/mol. The molecule has 2 atom stereocenters. The molecule has 310 valence electrons. The molecule has 54 heavy (non-hydrogen) atoms. The van der Waals surface area contributed by atoms with Crippen molar-refractivity contribution in [2.24, 2.45) is 0 Å². The van der Waals surface area contributed by atoms with Crippen molar-refractivity contribution >= 4 is 17.9 Å². The molecule has 2 unspecified atom stereocenters. The van der Waals surface area contributed by atoms with Crippen molar-refractivity contribution < 1.29 is 38.2 Å². The minimum Gasteiger partial charge on any atom is -0.477 e. The Kier molecular flexibility index (Phi) is 34.9. The van der Waals surface area contributed by atoms with Gasteiger partial charge in [0.2, 0.25) is 0 Å². The van der Waals surface area contributed by atoms with Crippen LogP contribution in [0.25, 0.3) is 0 Å². The van der Waals surface area contributed by atoms with E-state index < -0.39 is 18.1 Å². The Labute approximate surface area is 330 Å². The van der Waals surface area contributed by atoms with E-state index in [0.717, 1.165) is 89.9 Å². The Bertz CT molecular complexity index is 1070. The van der Waals surface area contributed by atoms with Crippen molar-refractivity contribution in [3.63, 3.8) is 0 Å². The SMILES string of the molecule is CC/C=C/C/C=C/C/C=C/C/C=C/CCCCCCCCCC(=O)OCC(COCCC(C(=O)O)[N+](C)(C)C)OC(=O)CCCCCC/C=C/CCCC. The highest BCUT2D eigenvalue weighted by Crippen LogP contribution is 2.13. The zero-order valence-electron chi connectivity index (χ0n) is 35.2. The Morgan fingerprint density at radius 3 is 1.56 bits per heavy atom. The highest BCUT2D eigenvalue weighted by molar-refractivity contribution is 5.72. The third-order valence-corrected chi connectivity index (χ3v) is 9.15. The number of likely N-dealkylation sites (N-methyl/N-ethyl adjacent to an activating group) is 1. The fourth-order valence-electron chi connectivity index (χ4n) is 5.83. The molecule has 0 spiro atoms. The summed E-state index contributed by atoms with van der Waals surface area (Å²) < 4.78 is 17.2. The van der Waals surface area contributed by atoms with E-state index in [0.29, 0.717) is 19.3 Å². The van der Waals surface area contributed by atoms with Crippen molar-refractivity contribution in [2.75, 3.05) is 41.0 Å². The predicted octanol–water partition coefficient (Wildman–Crippen LogP) is 11.4. The first-order valence-electron chi connectivity index (χ1n) is 21.3. The van der Waals surface area contributed by atoms with Gasteiger partial charge in [0.15, 0.2) is 12.1 Å². The Morgan fingerprint density at radius 1 is 0.574 bits per heavy atom. The van der Waals surface area contributed by atoms with Gasteiger partial charge in [-0.25, -0.2) is 4.79 Å². The van der Waals surface area contributed by atoms with Crippen LogP contribution in [-0.4, -0.2) is 80.6 Å². The third kappa shape index (κ3) is 34.8. The number of carbonyl (C=O) groups excluding carboxylic acids is 2. The normalized spacial score (nSPS) is 13.6. The van der Waals surface area contributed by atoms with Gasteiger partial charge in [0.25, 0.3) is 0 Å². The quantitative estimate of drug-likeness (QED) is 0.0291. The van der Waals surface area contributed by atoms with E-state index in [9.17, 15) is 19.5 Å². The van der Waals surface area contributed by atoms with Crippen LogP contribution in [0, 0.1) is 0 Å². The molecule has 8 heteroatoms. The maximum Gasteiger partial charge on any atom is 0.362 e. The molecule has 0 saturated carbocycles. The summed E-state index contributed by atoms with van der Waals surface area (Å²) in [6.07, 6.45) is 44.1. The monoisotopic (exact) mass is 759 g/mol. The van der Waals surface area contributed by atoms with Crippen LogP contribution in [-0.2, 0) is 28.6 Å². The number of ether oxygens (including phenoxy) is 3. The number of hydrogen-bond acceptors (Lipinski definition) is 6. The molecule has 0 fully saturated rings. The first-order chi connectivity index (χ1) is 26.1. The number of carboxylic acid groups (broad SMARTS) is 1. The number of carboxylic acids is 1. The fraction of sp³-hybridized carbons (Fsp3) is 0.717. The average Bonchev–Trinajstić information content (AvgIpc) is 3.12. The maximum absolute atomic E-state index is 12.6. The van der Waals surface area contributed by atoms with E-state index in [1.807, 2.05) is 21.1 Å². The maximum atomic E-state index is 12.6. The molecule has 0 amide bonds. The lowest BCUT2D eigenvalue weighted by molar-refractivity contribution is -0.887. The molecule has 0 aromatic carbocycles. The highest BCUT2D eigenvalue weighted by atomic mass is 16.6. The summed E-state index contributed by atoms with van der Waals surface area (Å²) in [7, 11) is 5.51. The Balaban J connectivity index is 4.32. The van der Waals surface area contributed by atoms with Crippen LogP contribution in [0.4, 0.5) is 0 Å². The Hall–Kier alpha value is -2.97. The molecule has 0 radical (unpaired) electrons. The smallest absolute Gasteiger partial charge is 0.362 e. The van der Waals surface area contributed by atoms with Gasteiger partial charge < -0.3 is 23.8 Å². The van der Waals surface area contributed by atoms with Crippen LogP contribution in [0.1, 0.15) is 162 Å². The second-order valence-corrected chi connectivity index (χ2v) is 15.2. The molecular formula is C46H80NO7+. The largest absolute Gasteiger partial charge is 0.477 e. The van der Waals surface area contributed by atoms with Crippen molar-refractivity contribution in [3.05, 3.63) is 60.8 Å². The van der Waals surface area contributed by atoms with Crippen molar-refractivity contribution in [3.8, 4) is 0 Å². The number of allylic oxidation sites excluding steroid dienone is 10. The third-order valence-electron chi connectivity index (χ3n) is 9.15. The van der Waals surface area contributed by atoms with Gasteiger partial charge in [-0.2, -0.15) is 0 Å². The number of nitrogens with zero attached hydrogens (tertiary/aromatic N) is 1. The lowest BCUT2D eigenvalue weighted by Crippen LogP contribution is -2.50. The minimum absolute atomic E-state index is 0.0507. The number of carbonyl (C=O) groups is 3. The first-order valence-corrected chi connectivity index (χ1v) is 21.3. The second-order valence-electron chi connectivity index (χ2n) is 15.2. The van der Waals surface area contributed by atoms with Crippen LogP contribution < -0.4 is 0 Å². The van der Waals surface area contributed by atoms with Crippen molar-refractivity contribution in [1.29, 1.82) is 0 Å². The molecular weight excluding hydrogens is 679 g/mol. The fourth-order valence-corrected chi connectivity index (χ4v) is 5.83. The molecule has 0 aliphatic rings. The van der Waals surface area contributed by atoms with Crippen molar-refractivity contribution in [1.82, 2.24) is 0 Å². The van der Waals surface area contributed by atoms with Crippen LogP contribution in [0.2, 0.25) is 0 Å². The topological polar surface area (TPSA) is 99.1 Å². The lowest BCUT2D eigenvalue weighted by atomic mass is 10.1. The van der Waals surface area contributed by atoms with Gasteiger partial charge in [0.1, 0.15) is 6.61 Å². The number of hydrogen-bond donors (Lipinski definition) is 1. The average molecular weight is 759 g/mol. The summed E-state index contributed by atoms with van der Waals surface area (Å²) >= 11 is 0. The van der Waals surface area contributed by atoms with Gasteiger partial charge in [0, 0.05) is 19.3 Å². The van der Waals surface area contributed by atoms with Gasteiger partial charge in [-0.05, 0) is 70.6 Å². The zero-order chi connectivity index (χ0) is 40.0. The number of aliphatic carboxylic acids is 1. The van der Waals surface area contributed by atoms with Gasteiger partial charge in [-0.3, -0.25) is 9.59 Å². The van der Waals surface area contributed by atoms with Crippen molar-refractivity contribution in [2.45, 2.75) is 174 Å². The highest BCUT2D eigenvalue weighted by Gasteiger charge is 2.31. The molecule has 0 rings (SSSR count). The number of unbranched alkanes of at least 4 members (excludes halogenated alkanes) is 13. The van der Waals surface area contributed by atoms with Gasteiger partial charge in [0.05, 0.1) is 34.4 Å². The van der Waals surface area contributed by atoms with Gasteiger partial charge in [-0.1, -0.05) is 132 Å². The molecule has 0 aromatic heterocycles. The van der Waals surface area contributed by atoms with Crippen LogP contribution >= 0.6 is 0 Å². The zero-order valence-corrected chi connectivity index (χ0v) is 35.2. The number of rotatable bonds is 37. The molecule has 0 heterocycles. The Morgan fingerprint density at radius 2 is 1.04 bits per heavy atom. The van der Waals surface area contributed by atoms with Crippen LogP contribution in [0.15, 0.2) is 60.8 Å². The lowest BCUT2D eigenvalue weighted by Gasteiger charge is -2.31. The molecule has 8 nitrogen and oxygen atoms in total. The molecule has 0 aromatic rings. The molecule has 0 bridgehead atoms.